The van der Waals surface area contributed by atoms with Gasteiger partial charge in [-0.05, 0) is 37.6 Å². The van der Waals surface area contributed by atoms with Gasteiger partial charge >= 0.3 is 5.97 Å². The molecule has 0 bridgehead atoms. The van der Waals surface area contributed by atoms with E-state index in [1.807, 2.05) is 31.2 Å². The molecule has 0 saturated heterocycles. The van der Waals surface area contributed by atoms with Crippen molar-refractivity contribution >= 4 is 16.9 Å². The van der Waals surface area contributed by atoms with Gasteiger partial charge < -0.3 is 15.0 Å². The van der Waals surface area contributed by atoms with Crippen LogP contribution in [0.3, 0.4) is 0 Å². The SMILES string of the molecule is C=CCNCCc1c(C)[nH]c2cccc(OC(C)=O)c12. The van der Waals surface area contributed by atoms with Crippen LogP contribution in [0.2, 0.25) is 0 Å². The van der Waals surface area contributed by atoms with Crippen LogP contribution in [0, 0.1) is 6.92 Å². The number of rotatable bonds is 6. The number of aromatic nitrogens is 1. The maximum Gasteiger partial charge on any atom is 0.308 e. The minimum absolute atomic E-state index is 0.299. The molecule has 0 spiro atoms. The van der Waals surface area contributed by atoms with Crippen LogP contribution >= 0.6 is 0 Å². The molecule has 2 rings (SSSR count). The van der Waals surface area contributed by atoms with Crippen molar-refractivity contribution in [2.24, 2.45) is 0 Å². The summed E-state index contributed by atoms with van der Waals surface area (Å²) >= 11 is 0. The Kier molecular flexibility index (Phi) is 4.58. The summed E-state index contributed by atoms with van der Waals surface area (Å²) in [6, 6.07) is 5.71. The van der Waals surface area contributed by atoms with Crippen LogP contribution < -0.4 is 10.1 Å². The van der Waals surface area contributed by atoms with Crippen molar-refractivity contribution in [3.63, 3.8) is 0 Å². The number of esters is 1. The minimum Gasteiger partial charge on any atom is -0.426 e. The number of ether oxygens (including phenoxy) is 1. The lowest BCUT2D eigenvalue weighted by Gasteiger charge is -2.07. The zero-order valence-electron chi connectivity index (χ0n) is 12.0. The van der Waals surface area contributed by atoms with Gasteiger partial charge in [-0.3, -0.25) is 4.79 Å². The summed E-state index contributed by atoms with van der Waals surface area (Å²) in [6.07, 6.45) is 2.71. The highest BCUT2D eigenvalue weighted by Crippen LogP contribution is 2.31. The number of hydrogen-bond donors (Lipinski definition) is 2. The molecule has 20 heavy (non-hydrogen) atoms. The molecule has 0 atom stereocenters. The Morgan fingerprint density at radius 3 is 3.00 bits per heavy atom. The molecule has 0 saturated carbocycles. The van der Waals surface area contributed by atoms with Gasteiger partial charge in [0, 0.05) is 30.1 Å². The van der Waals surface area contributed by atoms with E-state index in [9.17, 15) is 4.79 Å². The number of carbonyl (C=O) groups excluding carboxylic acids is 1. The molecule has 2 N–H and O–H groups in total. The van der Waals surface area contributed by atoms with Crippen molar-refractivity contribution in [2.75, 3.05) is 13.1 Å². The molecule has 1 aromatic carbocycles. The van der Waals surface area contributed by atoms with Crippen molar-refractivity contribution in [2.45, 2.75) is 20.3 Å². The number of benzene rings is 1. The zero-order valence-corrected chi connectivity index (χ0v) is 12.0. The van der Waals surface area contributed by atoms with Crippen LogP contribution in [0.5, 0.6) is 5.75 Å². The van der Waals surface area contributed by atoms with Crippen LogP contribution in [-0.4, -0.2) is 24.0 Å². The molecule has 4 nitrogen and oxygen atoms in total. The molecule has 1 heterocycles. The van der Waals surface area contributed by atoms with E-state index < -0.39 is 0 Å². The van der Waals surface area contributed by atoms with Gasteiger partial charge in [-0.1, -0.05) is 12.1 Å². The molecule has 0 amide bonds. The third kappa shape index (κ3) is 3.08. The second-order valence-corrected chi connectivity index (χ2v) is 4.74. The zero-order chi connectivity index (χ0) is 14.5. The highest BCUT2D eigenvalue weighted by Gasteiger charge is 2.13. The highest BCUT2D eigenvalue weighted by atomic mass is 16.5. The summed E-state index contributed by atoms with van der Waals surface area (Å²) in [5, 5.41) is 4.29. The first-order valence-corrected chi connectivity index (χ1v) is 6.73. The molecule has 0 fully saturated rings. The van der Waals surface area contributed by atoms with Gasteiger partial charge in [-0.15, -0.1) is 6.58 Å². The number of hydrogen-bond acceptors (Lipinski definition) is 3. The van der Waals surface area contributed by atoms with Crippen LogP contribution in [0.25, 0.3) is 10.9 Å². The van der Waals surface area contributed by atoms with Crippen molar-refractivity contribution < 1.29 is 9.53 Å². The summed E-state index contributed by atoms with van der Waals surface area (Å²) in [6.45, 7) is 8.79. The highest BCUT2D eigenvalue weighted by molar-refractivity contribution is 5.92. The van der Waals surface area contributed by atoms with Gasteiger partial charge in [0.25, 0.3) is 0 Å². The summed E-state index contributed by atoms with van der Waals surface area (Å²) < 4.78 is 5.31. The molecule has 0 radical (unpaired) electrons. The number of aryl methyl sites for hydroxylation is 1. The monoisotopic (exact) mass is 272 g/mol. The normalized spacial score (nSPS) is 10.7. The van der Waals surface area contributed by atoms with Gasteiger partial charge in [0.2, 0.25) is 0 Å². The Balaban J connectivity index is 2.33. The molecule has 0 aliphatic heterocycles. The third-order valence-corrected chi connectivity index (χ3v) is 3.20. The Hall–Kier alpha value is -2.07. The van der Waals surface area contributed by atoms with Gasteiger partial charge in [-0.2, -0.15) is 0 Å². The van der Waals surface area contributed by atoms with E-state index in [0.29, 0.717) is 5.75 Å². The fraction of sp³-hybridized carbons (Fsp3) is 0.312. The van der Waals surface area contributed by atoms with Crippen LogP contribution in [0.15, 0.2) is 30.9 Å². The lowest BCUT2D eigenvalue weighted by Crippen LogP contribution is -2.17. The van der Waals surface area contributed by atoms with Gasteiger partial charge in [0.05, 0.1) is 0 Å². The Morgan fingerprint density at radius 1 is 1.50 bits per heavy atom. The fourth-order valence-corrected chi connectivity index (χ4v) is 2.38. The van der Waals surface area contributed by atoms with Crippen molar-refractivity contribution in [1.82, 2.24) is 10.3 Å². The van der Waals surface area contributed by atoms with E-state index in [-0.39, 0.29) is 5.97 Å². The predicted octanol–water partition coefficient (Wildman–Crippen LogP) is 2.72. The van der Waals surface area contributed by atoms with E-state index in [2.05, 4.69) is 16.9 Å². The summed E-state index contributed by atoms with van der Waals surface area (Å²) in [7, 11) is 0. The molecule has 0 aliphatic carbocycles. The van der Waals surface area contributed by atoms with E-state index in [1.165, 1.54) is 12.5 Å². The number of H-pyrrole nitrogens is 1. The lowest BCUT2D eigenvalue weighted by molar-refractivity contribution is -0.131. The average molecular weight is 272 g/mol. The summed E-state index contributed by atoms with van der Waals surface area (Å²) in [4.78, 5) is 14.6. The number of carbonyl (C=O) groups is 1. The molecule has 0 unspecified atom stereocenters. The smallest absolute Gasteiger partial charge is 0.308 e. The lowest BCUT2D eigenvalue weighted by atomic mass is 10.1. The maximum absolute atomic E-state index is 11.2. The average Bonchev–Trinajstić information content (AvgIpc) is 2.71. The van der Waals surface area contributed by atoms with E-state index in [4.69, 9.17) is 4.74 Å². The molecular weight excluding hydrogens is 252 g/mol. The quantitative estimate of drug-likeness (QED) is 0.368. The second kappa shape index (κ2) is 6.39. The van der Waals surface area contributed by atoms with E-state index >= 15 is 0 Å². The van der Waals surface area contributed by atoms with Gasteiger partial charge in [-0.25, -0.2) is 0 Å². The fourth-order valence-electron chi connectivity index (χ4n) is 2.38. The maximum atomic E-state index is 11.2. The molecule has 0 aliphatic rings. The van der Waals surface area contributed by atoms with E-state index in [1.54, 1.807) is 0 Å². The molecule has 2 aromatic rings. The predicted molar refractivity (Wildman–Crippen MR) is 81.1 cm³/mol. The standard InChI is InChI=1S/C16H20N2O2/c1-4-9-17-10-8-13-11(2)18-14-6-5-7-15(16(13)14)20-12(3)19/h4-7,17-18H,1,8-10H2,2-3H3. The first-order chi connectivity index (χ1) is 9.63. The second-order valence-electron chi connectivity index (χ2n) is 4.74. The van der Waals surface area contributed by atoms with Gasteiger partial charge in [0.15, 0.2) is 0 Å². The summed E-state index contributed by atoms with van der Waals surface area (Å²) in [5.74, 6) is 0.324. The van der Waals surface area contributed by atoms with Crippen LogP contribution in [0.4, 0.5) is 0 Å². The Morgan fingerprint density at radius 2 is 2.30 bits per heavy atom. The largest absolute Gasteiger partial charge is 0.426 e. The van der Waals surface area contributed by atoms with Crippen molar-refractivity contribution in [3.05, 3.63) is 42.1 Å². The Labute approximate surface area is 118 Å². The van der Waals surface area contributed by atoms with Crippen LogP contribution in [0.1, 0.15) is 18.2 Å². The van der Waals surface area contributed by atoms with Crippen molar-refractivity contribution in [3.8, 4) is 5.75 Å². The first-order valence-electron chi connectivity index (χ1n) is 6.73. The molecule has 1 aromatic heterocycles. The van der Waals surface area contributed by atoms with Crippen LogP contribution in [-0.2, 0) is 11.2 Å². The Bertz CT molecular complexity index is 629. The summed E-state index contributed by atoms with van der Waals surface area (Å²) in [5.41, 5.74) is 3.30. The number of aromatic amines is 1. The topological polar surface area (TPSA) is 54.1 Å². The van der Waals surface area contributed by atoms with E-state index in [0.717, 1.165) is 36.1 Å². The number of nitrogens with one attached hydrogen (secondary N) is 2. The minimum atomic E-state index is -0.299. The first kappa shape index (κ1) is 14.3. The molecule has 106 valence electrons. The molecular formula is C16H20N2O2. The van der Waals surface area contributed by atoms with Gasteiger partial charge in [0.1, 0.15) is 5.75 Å². The number of fused-ring (bicyclic) bond motifs is 1. The molecule has 4 heteroatoms. The third-order valence-electron chi connectivity index (χ3n) is 3.20. The van der Waals surface area contributed by atoms with Crippen molar-refractivity contribution in [1.29, 1.82) is 0 Å².